The molecule has 134 valence electrons. The molecule has 0 saturated heterocycles. The number of aryl methyl sites for hydroxylation is 3. The SMILES string of the molecule is COc1ccc2[nH]c(C)c3c2c1CN(C(=O)c1ccc(C)c(C)c1)CC3. The highest BCUT2D eigenvalue weighted by molar-refractivity contribution is 5.96. The number of nitrogens with one attached hydrogen (secondary N) is 1. The number of methoxy groups -OCH3 is 1. The quantitative estimate of drug-likeness (QED) is 0.750. The highest BCUT2D eigenvalue weighted by Gasteiger charge is 2.25. The minimum absolute atomic E-state index is 0.0824. The maximum Gasteiger partial charge on any atom is 0.254 e. The Kier molecular flexibility index (Phi) is 3.98. The summed E-state index contributed by atoms with van der Waals surface area (Å²) in [4.78, 5) is 18.6. The van der Waals surface area contributed by atoms with Crippen LogP contribution in [-0.4, -0.2) is 29.4 Å². The number of hydrogen-bond donors (Lipinski definition) is 1. The molecule has 1 amide bonds. The van der Waals surface area contributed by atoms with Crippen molar-refractivity contribution in [3.05, 3.63) is 63.8 Å². The first-order chi connectivity index (χ1) is 12.5. The van der Waals surface area contributed by atoms with Gasteiger partial charge in [-0.25, -0.2) is 0 Å². The molecule has 2 heterocycles. The van der Waals surface area contributed by atoms with Crippen molar-refractivity contribution in [3.63, 3.8) is 0 Å². The van der Waals surface area contributed by atoms with Gasteiger partial charge in [-0.3, -0.25) is 4.79 Å². The Morgan fingerprint density at radius 1 is 1.08 bits per heavy atom. The summed E-state index contributed by atoms with van der Waals surface area (Å²) in [6, 6.07) is 10.00. The van der Waals surface area contributed by atoms with E-state index in [1.165, 1.54) is 22.2 Å². The van der Waals surface area contributed by atoms with Crippen LogP contribution < -0.4 is 4.74 Å². The summed E-state index contributed by atoms with van der Waals surface area (Å²) in [6.45, 7) is 7.49. The zero-order chi connectivity index (χ0) is 18.4. The number of rotatable bonds is 2. The molecule has 2 aromatic carbocycles. The molecule has 0 bridgehead atoms. The summed E-state index contributed by atoms with van der Waals surface area (Å²) >= 11 is 0. The van der Waals surface area contributed by atoms with Crippen molar-refractivity contribution in [1.82, 2.24) is 9.88 Å². The summed E-state index contributed by atoms with van der Waals surface area (Å²) in [5, 5.41) is 1.22. The first-order valence-electron chi connectivity index (χ1n) is 9.03. The smallest absolute Gasteiger partial charge is 0.254 e. The predicted octanol–water partition coefficient (Wildman–Crippen LogP) is 4.30. The summed E-state index contributed by atoms with van der Waals surface area (Å²) in [7, 11) is 1.69. The van der Waals surface area contributed by atoms with E-state index in [2.05, 4.69) is 24.9 Å². The van der Waals surface area contributed by atoms with Gasteiger partial charge in [0.25, 0.3) is 5.91 Å². The molecule has 0 aliphatic carbocycles. The van der Waals surface area contributed by atoms with Crippen LogP contribution in [0.4, 0.5) is 0 Å². The van der Waals surface area contributed by atoms with Gasteiger partial charge in [0.2, 0.25) is 0 Å². The number of benzene rings is 2. The first-order valence-corrected chi connectivity index (χ1v) is 9.03. The number of aromatic nitrogens is 1. The second-order valence-electron chi connectivity index (χ2n) is 7.17. The van der Waals surface area contributed by atoms with Gasteiger partial charge in [-0.2, -0.15) is 0 Å². The molecule has 0 radical (unpaired) electrons. The van der Waals surface area contributed by atoms with E-state index < -0.39 is 0 Å². The third-order valence-corrected chi connectivity index (χ3v) is 5.59. The Balaban J connectivity index is 1.77. The van der Waals surface area contributed by atoms with Crippen molar-refractivity contribution in [3.8, 4) is 5.75 Å². The number of ether oxygens (including phenoxy) is 1. The van der Waals surface area contributed by atoms with Gasteiger partial charge in [0.05, 0.1) is 13.7 Å². The third-order valence-electron chi connectivity index (χ3n) is 5.59. The standard InChI is InChI=1S/C22H24N2O2/c1-13-5-6-16(11-14(13)2)22(25)24-10-9-17-15(3)23-19-7-8-20(26-4)18(12-24)21(17)19/h5-8,11,23H,9-10,12H2,1-4H3. The van der Waals surface area contributed by atoms with E-state index >= 15 is 0 Å². The van der Waals surface area contributed by atoms with E-state index in [0.29, 0.717) is 13.1 Å². The molecule has 4 heteroatoms. The van der Waals surface area contributed by atoms with Crippen LogP contribution in [-0.2, 0) is 13.0 Å². The summed E-state index contributed by atoms with van der Waals surface area (Å²) in [6.07, 6.45) is 0.850. The van der Waals surface area contributed by atoms with Crippen LogP contribution in [0.3, 0.4) is 0 Å². The number of amides is 1. The molecule has 0 atom stereocenters. The van der Waals surface area contributed by atoms with Crippen molar-refractivity contribution >= 4 is 16.8 Å². The summed E-state index contributed by atoms with van der Waals surface area (Å²) in [5.41, 5.74) is 7.79. The van der Waals surface area contributed by atoms with Crippen molar-refractivity contribution in [2.75, 3.05) is 13.7 Å². The number of hydrogen-bond acceptors (Lipinski definition) is 2. The van der Waals surface area contributed by atoms with Gasteiger partial charge in [-0.1, -0.05) is 6.07 Å². The second-order valence-corrected chi connectivity index (χ2v) is 7.17. The zero-order valence-corrected chi connectivity index (χ0v) is 15.8. The molecule has 1 aliphatic heterocycles. The van der Waals surface area contributed by atoms with Crippen molar-refractivity contribution in [2.45, 2.75) is 33.7 Å². The van der Waals surface area contributed by atoms with Gasteiger partial charge >= 0.3 is 0 Å². The number of carbonyl (C=O) groups excluding carboxylic acids is 1. The number of nitrogens with zero attached hydrogens (tertiary/aromatic N) is 1. The van der Waals surface area contributed by atoms with Crippen molar-refractivity contribution in [2.24, 2.45) is 0 Å². The number of H-pyrrole nitrogens is 1. The van der Waals surface area contributed by atoms with Crippen LogP contribution in [0.15, 0.2) is 30.3 Å². The van der Waals surface area contributed by atoms with E-state index in [1.807, 2.05) is 36.1 Å². The number of carbonyl (C=O) groups is 1. The topological polar surface area (TPSA) is 45.3 Å². The molecule has 4 rings (SSSR count). The zero-order valence-electron chi connectivity index (χ0n) is 15.8. The van der Waals surface area contributed by atoms with Gasteiger partial charge in [0, 0.05) is 34.3 Å². The second kappa shape index (κ2) is 6.20. The fourth-order valence-corrected chi connectivity index (χ4v) is 3.95. The lowest BCUT2D eigenvalue weighted by atomic mass is 10.0. The molecule has 0 fully saturated rings. The Bertz CT molecular complexity index is 1020. The van der Waals surface area contributed by atoms with Gasteiger partial charge in [-0.05, 0) is 68.1 Å². The van der Waals surface area contributed by atoms with E-state index in [1.54, 1.807) is 7.11 Å². The maximum absolute atomic E-state index is 13.2. The summed E-state index contributed by atoms with van der Waals surface area (Å²) in [5.74, 6) is 0.927. The fourth-order valence-electron chi connectivity index (χ4n) is 3.95. The van der Waals surface area contributed by atoms with E-state index in [0.717, 1.165) is 34.4 Å². The fraction of sp³-hybridized carbons (Fsp3) is 0.318. The molecule has 0 saturated carbocycles. The third kappa shape index (κ3) is 2.57. The Labute approximate surface area is 153 Å². The lowest BCUT2D eigenvalue weighted by molar-refractivity contribution is 0.0746. The summed E-state index contributed by atoms with van der Waals surface area (Å²) < 4.78 is 5.61. The Morgan fingerprint density at radius 3 is 2.62 bits per heavy atom. The minimum Gasteiger partial charge on any atom is -0.496 e. The van der Waals surface area contributed by atoms with Gasteiger partial charge < -0.3 is 14.6 Å². The maximum atomic E-state index is 13.2. The average molecular weight is 348 g/mol. The normalized spacial score (nSPS) is 13.8. The van der Waals surface area contributed by atoms with Crippen LogP contribution in [0.2, 0.25) is 0 Å². The molecule has 1 N–H and O–H groups in total. The van der Waals surface area contributed by atoms with Crippen LogP contribution in [0.5, 0.6) is 5.75 Å². The Morgan fingerprint density at radius 2 is 1.88 bits per heavy atom. The molecule has 4 nitrogen and oxygen atoms in total. The van der Waals surface area contributed by atoms with E-state index in [9.17, 15) is 4.79 Å². The lowest BCUT2D eigenvalue weighted by Crippen LogP contribution is -2.31. The number of aromatic amines is 1. The van der Waals surface area contributed by atoms with Crippen LogP contribution >= 0.6 is 0 Å². The minimum atomic E-state index is 0.0824. The molecular weight excluding hydrogens is 324 g/mol. The van der Waals surface area contributed by atoms with E-state index in [4.69, 9.17) is 4.74 Å². The lowest BCUT2D eigenvalue weighted by Gasteiger charge is -2.22. The predicted molar refractivity (Wildman–Crippen MR) is 104 cm³/mol. The van der Waals surface area contributed by atoms with E-state index in [-0.39, 0.29) is 5.91 Å². The Hall–Kier alpha value is -2.75. The monoisotopic (exact) mass is 348 g/mol. The molecule has 26 heavy (non-hydrogen) atoms. The molecule has 0 unspecified atom stereocenters. The molecule has 1 aliphatic rings. The molecule has 3 aromatic rings. The van der Waals surface area contributed by atoms with Crippen molar-refractivity contribution in [1.29, 1.82) is 0 Å². The van der Waals surface area contributed by atoms with Crippen molar-refractivity contribution < 1.29 is 9.53 Å². The van der Waals surface area contributed by atoms with Gasteiger partial charge in [-0.15, -0.1) is 0 Å². The highest BCUT2D eigenvalue weighted by atomic mass is 16.5. The largest absolute Gasteiger partial charge is 0.496 e. The van der Waals surface area contributed by atoms with Crippen LogP contribution in [0.1, 0.15) is 38.3 Å². The van der Waals surface area contributed by atoms with Gasteiger partial charge in [0.1, 0.15) is 5.75 Å². The molecule has 0 spiro atoms. The molecule has 1 aromatic heterocycles. The highest BCUT2D eigenvalue weighted by Crippen LogP contribution is 2.35. The first kappa shape index (κ1) is 16.7. The molecular formula is C22H24N2O2. The van der Waals surface area contributed by atoms with Crippen LogP contribution in [0, 0.1) is 20.8 Å². The van der Waals surface area contributed by atoms with Crippen LogP contribution in [0.25, 0.3) is 10.9 Å². The van der Waals surface area contributed by atoms with Gasteiger partial charge in [0.15, 0.2) is 0 Å². The average Bonchev–Trinajstić information content (AvgIpc) is 2.82.